The van der Waals surface area contributed by atoms with E-state index in [1.807, 2.05) is 30.3 Å². The fraction of sp³-hybridized carbons (Fsp3) is 0.280. The van der Waals surface area contributed by atoms with Gasteiger partial charge in [-0.15, -0.1) is 0 Å². The number of imide groups is 1. The lowest BCUT2D eigenvalue weighted by atomic mass is 10.1. The molecule has 0 aromatic heterocycles. The van der Waals surface area contributed by atoms with Gasteiger partial charge in [0.25, 0.3) is 11.1 Å². The Balaban J connectivity index is 1.24. The second kappa shape index (κ2) is 10.6. The van der Waals surface area contributed by atoms with Crippen LogP contribution in [-0.4, -0.2) is 58.9 Å². The molecule has 176 valence electrons. The van der Waals surface area contributed by atoms with Crippen molar-refractivity contribution in [2.75, 3.05) is 26.2 Å². The Hall–Kier alpha value is -3.46. The van der Waals surface area contributed by atoms with Crippen LogP contribution in [0.25, 0.3) is 6.08 Å². The molecule has 4 amide bonds. The molecule has 1 N–H and O–H groups in total. The van der Waals surface area contributed by atoms with Gasteiger partial charge in [0.05, 0.1) is 10.8 Å². The van der Waals surface area contributed by atoms with Crippen LogP contribution in [0.1, 0.15) is 17.5 Å². The molecule has 0 radical (unpaired) electrons. The van der Waals surface area contributed by atoms with Crippen LogP contribution in [0.2, 0.25) is 0 Å². The average Bonchev–Trinajstić information content (AvgIpc) is 3.33. The highest BCUT2D eigenvalue weighted by atomic mass is 32.2. The lowest BCUT2D eigenvalue weighted by Crippen LogP contribution is -2.40. The third-order valence-electron chi connectivity index (χ3n) is 5.77. The topological polar surface area (TPSA) is 86.8 Å². The summed E-state index contributed by atoms with van der Waals surface area (Å²) in [5.74, 6) is -1.59. The van der Waals surface area contributed by atoms with E-state index in [0.717, 1.165) is 28.6 Å². The minimum absolute atomic E-state index is 0.0373. The summed E-state index contributed by atoms with van der Waals surface area (Å²) in [5, 5.41) is 2.32. The largest absolute Gasteiger partial charge is 0.354 e. The number of rotatable bonds is 8. The lowest BCUT2D eigenvalue weighted by Gasteiger charge is -2.17. The van der Waals surface area contributed by atoms with Gasteiger partial charge in [0.1, 0.15) is 5.82 Å². The number of thioether (sulfide) groups is 1. The van der Waals surface area contributed by atoms with Crippen LogP contribution in [0.4, 0.5) is 9.18 Å². The molecular formula is C25H24FN3O4S. The summed E-state index contributed by atoms with van der Waals surface area (Å²) in [6.07, 6.45) is 2.42. The normalized spacial score (nSPS) is 19.4. The number of amides is 4. The molecule has 2 aliphatic rings. The Bertz CT molecular complexity index is 1120. The van der Waals surface area contributed by atoms with E-state index >= 15 is 0 Å². The van der Waals surface area contributed by atoms with Gasteiger partial charge in [-0.25, -0.2) is 4.39 Å². The Morgan fingerprint density at radius 3 is 2.53 bits per heavy atom. The molecule has 2 heterocycles. The monoisotopic (exact) mass is 481 g/mol. The quantitative estimate of drug-likeness (QED) is 0.586. The van der Waals surface area contributed by atoms with Crippen LogP contribution in [-0.2, 0) is 20.8 Å². The van der Waals surface area contributed by atoms with E-state index in [1.165, 1.54) is 30.3 Å². The zero-order valence-corrected chi connectivity index (χ0v) is 19.2. The van der Waals surface area contributed by atoms with E-state index in [1.54, 1.807) is 4.90 Å². The van der Waals surface area contributed by atoms with Crippen LogP contribution < -0.4 is 5.32 Å². The zero-order valence-electron chi connectivity index (χ0n) is 18.4. The summed E-state index contributed by atoms with van der Waals surface area (Å²) in [5.41, 5.74) is 1.75. The molecule has 2 fully saturated rings. The Morgan fingerprint density at radius 1 is 1.06 bits per heavy atom. The number of hydrogen-bond acceptors (Lipinski definition) is 5. The van der Waals surface area contributed by atoms with Crippen molar-refractivity contribution in [3.63, 3.8) is 0 Å². The van der Waals surface area contributed by atoms with Gasteiger partial charge in [0.2, 0.25) is 11.8 Å². The lowest BCUT2D eigenvalue weighted by molar-refractivity contribution is -0.129. The van der Waals surface area contributed by atoms with Crippen LogP contribution >= 0.6 is 11.8 Å². The molecule has 9 heteroatoms. The van der Waals surface area contributed by atoms with Crippen molar-refractivity contribution in [2.24, 2.45) is 5.92 Å². The third-order valence-corrected chi connectivity index (χ3v) is 6.68. The van der Waals surface area contributed by atoms with E-state index < -0.39 is 17.1 Å². The fourth-order valence-corrected chi connectivity index (χ4v) is 4.78. The van der Waals surface area contributed by atoms with E-state index in [-0.39, 0.29) is 42.0 Å². The van der Waals surface area contributed by atoms with Crippen molar-refractivity contribution >= 4 is 40.8 Å². The SMILES string of the molecule is O=C(NCCN1C(=O)S/C(=C/c2ccc(F)cc2)C1=O)[C@@H]1CC(=O)N(CCc2ccccc2)C1. The molecule has 34 heavy (non-hydrogen) atoms. The summed E-state index contributed by atoms with van der Waals surface area (Å²) in [4.78, 5) is 52.7. The number of hydrogen-bond donors (Lipinski definition) is 1. The van der Waals surface area contributed by atoms with Gasteiger partial charge in [0.15, 0.2) is 0 Å². The molecule has 0 unspecified atom stereocenters. The second-order valence-corrected chi connectivity index (χ2v) is 9.15. The summed E-state index contributed by atoms with van der Waals surface area (Å²) in [7, 11) is 0. The average molecular weight is 482 g/mol. The van der Waals surface area contributed by atoms with Gasteiger partial charge < -0.3 is 10.2 Å². The maximum atomic E-state index is 13.1. The fourth-order valence-electron chi connectivity index (χ4n) is 3.91. The van der Waals surface area contributed by atoms with Gasteiger partial charge in [-0.05, 0) is 47.5 Å². The van der Waals surface area contributed by atoms with Crippen LogP contribution in [0.3, 0.4) is 0 Å². The summed E-state index contributed by atoms with van der Waals surface area (Å²) in [6.45, 7) is 1.06. The minimum atomic E-state index is -0.448. The van der Waals surface area contributed by atoms with Gasteiger partial charge in [-0.3, -0.25) is 24.1 Å². The third kappa shape index (κ3) is 5.72. The standard InChI is InChI=1S/C25H24FN3O4S/c26-20-8-6-18(7-9-20)14-21-24(32)29(25(33)34-21)13-11-27-23(31)19-15-22(30)28(16-19)12-10-17-4-2-1-3-5-17/h1-9,14,19H,10-13,15-16H2,(H,27,31)/b21-14+/t19-/m1/s1. The molecule has 0 bridgehead atoms. The highest BCUT2D eigenvalue weighted by Crippen LogP contribution is 2.32. The predicted octanol–water partition coefficient (Wildman–Crippen LogP) is 3.07. The highest BCUT2D eigenvalue weighted by Gasteiger charge is 2.36. The van der Waals surface area contributed by atoms with Gasteiger partial charge in [-0.1, -0.05) is 42.5 Å². The number of nitrogens with one attached hydrogen (secondary N) is 1. The number of carbonyl (C=O) groups is 4. The van der Waals surface area contributed by atoms with Crippen LogP contribution in [0.15, 0.2) is 59.5 Å². The Morgan fingerprint density at radius 2 is 1.79 bits per heavy atom. The van der Waals surface area contributed by atoms with E-state index in [4.69, 9.17) is 0 Å². The molecule has 2 aliphatic heterocycles. The Labute approximate surface area is 201 Å². The second-order valence-electron chi connectivity index (χ2n) is 8.15. The van der Waals surface area contributed by atoms with Crippen LogP contribution in [0, 0.1) is 11.7 Å². The first-order chi connectivity index (χ1) is 16.4. The van der Waals surface area contributed by atoms with Gasteiger partial charge in [0, 0.05) is 32.6 Å². The summed E-state index contributed by atoms with van der Waals surface area (Å²) < 4.78 is 13.1. The molecular weight excluding hydrogens is 457 g/mol. The maximum Gasteiger partial charge on any atom is 0.293 e. The molecule has 2 aromatic carbocycles. The highest BCUT2D eigenvalue weighted by molar-refractivity contribution is 8.18. The van der Waals surface area contributed by atoms with Gasteiger partial charge in [-0.2, -0.15) is 0 Å². The molecule has 0 saturated carbocycles. The number of likely N-dealkylation sites (tertiary alicyclic amines) is 1. The first-order valence-electron chi connectivity index (χ1n) is 11.0. The van der Waals surface area contributed by atoms with Crippen molar-refractivity contribution < 1.29 is 23.6 Å². The van der Waals surface area contributed by atoms with Crippen molar-refractivity contribution in [3.8, 4) is 0 Å². The molecule has 1 atom stereocenters. The number of benzene rings is 2. The van der Waals surface area contributed by atoms with E-state index in [0.29, 0.717) is 18.7 Å². The van der Waals surface area contributed by atoms with E-state index in [2.05, 4.69) is 5.32 Å². The predicted molar refractivity (Wildman–Crippen MR) is 127 cm³/mol. The summed E-state index contributed by atoms with van der Waals surface area (Å²) >= 11 is 0.810. The molecule has 4 rings (SSSR count). The Kier molecular flexibility index (Phi) is 7.42. The van der Waals surface area contributed by atoms with E-state index in [9.17, 15) is 23.6 Å². The molecule has 2 saturated heterocycles. The first-order valence-corrected chi connectivity index (χ1v) is 11.8. The zero-order chi connectivity index (χ0) is 24.1. The molecule has 0 spiro atoms. The van der Waals surface area contributed by atoms with Crippen molar-refractivity contribution in [2.45, 2.75) is 12.8 Å². The van der Waals surface area contributed by atoms with Crippen LogP contribution in [0.5, 0.6) is 0 Å². The number of halogens is 1. The van der Waals surface area contributed by atoms with Crippen molar-refractivity contribution in [1.82, 2.24) is 15.1 Å². The summed E-state index contributed by atoms with van der Waals surface area (Å²) in [6, 6.07) is 15.5. The maximum absolute atomic E-state index is 13.1. The first kappa shape index (κ1) is 23.7. The number of nitrogens with zero attached hydrogens (tertiary/aromatic N) is 2. The minimum Gasteiger partial charge on any atom is -0.354 e. The number of carbonyl (C=O) groups excluding carboxylic acids is 4. The van der Waals surface area contributed by atoms with Crippen molar-refractivity contribution in [3.05, 3.63) is 76.4 Å². The van der Waals surface area contributed by atoms with Crippen molar-refractivity contribution in [1.29, 1.82) is 0 Å². The molecule has 2 aromatic rings. The smallest absolute Gasteiger partial charge is 0.293 e. The van der Waals surface area contributed by atoms with Gasteiger partial charge >= 0.3 is 0 Å². The molecule has 0 aliphatic carbocycles. The molecule has 7 nitrogen and oxygen atoms in total.